The number of hydrogen-bond donors (Lipinski definition) is 3. The van der Waals surface area contributed by atoms with E-state index < -0.39 is 23.3 Å². The van der Waals surface area contributed by atoms with Crippen molar-refractivity contribution in [2.75, 3.05) is 6.61 Å². The van der Waals surface area contributed by atoms with E-state index in [0.717, 1.165) is 5.56 Å². The molecule has 5 nitrogen and oxygen atoms in total. The second-order valence-corrected chi connectivity index (χ2v) is 5.77. The highest BCUT2D eigenvalue weighted by atomic mass is 16.5. The van der Waals surface area contributed by atoms with Crippen LogP contribution in [-0.4, -0.2) is 39.6 Å². The first-order chi connectivity index (χ1) is 9.28. The molecule has 110 valence electrons. The summed E-state index contributed by atoms with van der Waals surface area (Å²) in [4.78, 5) is 10.8. The molecule has 0 aliphatic carbocycles. The lowest BCUT2D eigenvalue weighted by atomic mass is 9.91. The summed E-state index contributed by atoms with van der Waals surface area (Å²) in [6.45, 7) is 3.11. The quantitative estimate of drug-likeness (QED) is 0.778. The van der Waals surface area contributed by atoms with Gasteiger partial charge in [-0.25, -0.2) is 4.79 Å². The zero-order valence-electron chi connectivity index (χ0n) is 11.7. The average Bonchev–Trinajstić information content (AvgIpc) is 2.83. The van der Waals surface area contributed by atoms with Gasteiger partial charge in [-0.3, -0.25) is 0 Å². The van der Waals surface area contributed by atoms with E-state index in [-0.39, 0.29) is 12.2 Å². The molecule has 20 heavy (non-hydrogen) atoms. The minimum Gasteiger partial charge on any atom is -0.478 e. The van der Waals surface area contributed by atoms with Crippen molar-refractivity contribution < 1.29 is 24.9 Å². The zero-order valence-corrected chi connectivity index (χ0v) is 11.7. The van der Waals surface area contributed by atoms with Crippen molar-refractivity contribution in [3.05, 3.63) is 35.4 Å². The molecular weight excluding hydrogens is 260 g/mol. The number of aliphatic hydroxyl groups excluding tert-OH is 1. The van der Waals surface area contributed by atoms with Gasteiger partial charge in [0.15, 0.2) is 0 Å². The number of ether oxygens (including phenoxy) is 1. The molecule has 0 saturated carbocycles. The fraction of sp³-hybridized carbons (Fsp3) is 0.533. The van der Waals surface area contributed by atoms with Gasteiger partial charge in [0, 0.05) is 0 Å². The standard InChI is InChI=1S/C15H20O5/c1-14(19,9-16)12-7-8-15(2,20-12)11-5-3-10(4-6-11)13(17)18/h3-6,12,16,19H,7-9H2,1-2H3,(H,17,18)/t12-,14-,15-/m1/s1. The summed E-state index contributed by atoms with van der Waals surface area (Å²) >= 11 is 0. The maximum Gasteiger partial charge on any atom is 0.335 e. The van der Waals surface area contributed by atoms with Gasteiger partial charge in [0.2, 0.25) is 0 Å². The summed E-state index contributed by atoms with van der Waals surface area (Å²) in [6.07, 6.45) is 0.919. The summed E-state index contributed by atoms with van der Waals surface area (Å²) in [5.41, 5.74) is -0.729. The lowest BCUT2D eigenvalue weighted by Crippen LogP contribution is -2.43. The smallest absolute Gasteiger partial charge is 0.335 e. The predicted octanol–water partition coefficient (Wildman–Crippen LogP) is 1.52. The molecule has 0 bridgehead atoms. The molecule has 1 aliphatic heterocycles. The van der Waals surface area contributed by atoms with Crippen LogP contribution in [0.3, 0.4) is 0 Å². The molecule has 0 amide bonds. The lowest BCUT2D eigenvalue weighted by molar-refractivity contribution is -0.142. The second kappa shape index (κ2) is 5.16. The minimum atomic E-state index is -1.27. The SMILES string of the molecule is C[C@]1(c2ccc(C(=O)O)cc2)CC[C@H]([C@](C)(O)CO)O1. The molecule has 3 N–H and O–H groups in total. The van der Waals surface area contributed by atoms with Gasteiger partial charge in [-0.15, -0.1) is 0 Å². The van der Waals surface area contributed by atoms with Gasteiger partial charge in [-0.05, 0) is 44.4 Å². The molecule has 0 spiro atoms. The van der Waals surface area contributed by atoms with Gasteiger partial charge in [0.05, 0.1) is 23.9 Å². The topological polar surface area (TPSA) is 87.0 Å². The fourth-order valence-corrected chi connectivity index (χ4v) is 2.56. The summed E-state index contributed by atoms with van der Waals surface area (Å²) < 4.78 is 5.93. The van der Waals surface area contributed by atoms with Gasteiger partial charge in [0.1, 0.15) is 5.60 Å². The van der Waals surface area contributed by atoms with E-state index in [2.05, 4.69) is 0 Å². The third kappa shape index (κ3) is 2.70. The predicted molar refractivity (Wildman–Crippen MR) is 72.6 cm³/mol. The van der Waals surface area contributed by atoms with E-state index in [9.17, 15) is 15.0 Å². The maximum absolute atomic E-state index is 10.8. The molecular formula is C15H20O5. The Morgan fingerprint density at radius 3 is 2.55 bits per heavy atom. The molecule has 1 fully saturated rings. The highest BCUT2D eigenvalue weighted by Crippen LogP contribution is 2.42. The van der Waals surface area contributed by atoms with Gasteiger partial charge in [0.25, 0.3) is 0 Å². The van der Waals surface area contributed by atoms with Crippen molar-refractivity contribution in [2.24, 2.45) is 0 Å². The highest BCUT2D eigenvalue weighted by molar-refractivity contribution is 5.87. The number of carboxylic acid groups (broad SMARTS) is 1. The van der Waals surface area contributed by atoms with Crippen LogP contribution in [0.2, 0.25) is 0 Å². The van der Waals surface area contributed by atoms with Crippen molar-refractivity contribution in [3.8, 4) is 0 Å². The Morgan fingerprint density at radius 2 is 2.05 bits per heavy atom. The Morgan fingerprint density at radius 1 is 1.45 bits per heavy atom. The maximum atomic E-state index is 10.8. The molecule has 0 radical (unpaired) electrons. The summed E-state index contributed by atoms with van der Waals surface area (Å²) in [6, 6.07) is 6.56. The van der Waals surface area contributed by atoms with E-state index >= 15 is 0 Å². The first kappa shape index (κ1) is 15.0. The van der Waals surface area contributed by atoms with Crippen molar-refractivity contribution in [3.63, 3.8) is 0 Å². The highest BCUT2D eigenvalue weighted by Gasteiger charge is 2.45. The van der Waals surface area contributed by atoms with E-state index in [1.54, 1.807) is 31.2 Å². The van der Waals surface area contributed by atoms with Gasteiger partial charge in [-0.2, -0.15) is 0 Å². The number of carboxylic acids is 1. The van der Waals surface area contributed by atoms with Crippen molar-refractivity contribution in [1.29, 1.82) is 0 Å². The Bertz CT molecular complexity index is 493. The second-order valence-electron chi connectivity index (χ2n) is 5.77. The average molecular weight is 280 g/mol. The molecule has 2 rings (SSSR count). The summed E-state index contributed by atoms with van der Waals surface area (Å²) in [7, 11) is 0. The van der Waals surface area contributed by atoms with Crippen LogP contribution in [0.25, 0.3) is 0 Å². The Balaban J connectivity index is 2.18. The van der Waals surface area contributed by atoms with E-state index in [1.165, 1.54) is 0 Å². The van der Waals surface area contributed by atoms with Crippen molar-refractivity contribution >= 4 is 5.97 Å². The number of aromatic carboxylic acids is 1. The number of rotatable bonds is 4. The number of aliphatic hydroxyl groups is 2. The van der Waals surface area contributed by atoms with Crippen LogP contribution in [0.15, 0.2) is 24.3 Å². The summed E-state index contributed by atoms with van der Waals surface area (Å²) in [5.74, 6) is -0.963. The third-order valence-corrected chi connectivity index (χ3v) is 4.04. The van der Waals surface area contributed by atoms with Crippen molar-refractivity contribution in [1.82, 2.24) is 0 Å². The Hall–Kier alpha value is -1.43. The number of benzene rings is 1. The Labute approximate surface area is 117 Å². The van der Waals surface area contributed by atoms with Crippen LogP contribution in [0, 0.1) is 0 Å². The van der Waals surface area contributed by atoms with Crippen LogP contribution in [0.1, 0.15) is 42.6 Å². The molecule has 5 heteroatoms. The monoisotopic (exact) mass is 280 g/mol. The van der Waals surface area contributed by atoms with E-state index in [1.807, 2.05) is 6.92 Å². The fourth-order valence-electron chi connectivity index (χ4n) is 2.56. The molecule has 1 aromatic carbocycles. The molecule has 0 unspecified atom stereocenters. The summed E-state index contributed by atoms with van der Waals surface area (Å²) in [5, 5.41) is 28.2. The zero-order chi connectivity index (χ0) is 15.0. The number of hydrogen-bond acceptors (Lipinski definition) is 4. The third-order valence-electron chi connectivity index (χ3n) is 4.04. The molecule has 1 heterocycles. The molecule has 0 aromatic heterocycles. The van der Waals surface area contributed by atoms with Crippen molar-refractivity contribution in [2.45, 2.75) is 44.0 Å². The van der Waals surface area contributed by atoms with Crippen LogP contribution in [0.4, 0.5) is 0 Å². The van der Waals surface area contributed by atoms with E-state index in [0.29, 0.717) is 12.8 Å². The molecule has 1 aromatic rings. The minimum absolute atomic E-state index is 0.231. The Kier molecular flexibility index (Phi) is 3.86. The molecule has 3 atom stereocenters. The largest absolute Gasteiger partial charge is 0.478 e. The van der Waals surface area contributed by atoms with Crippen LogP contribution in [-0.2, 0) is 10.3 Å². The van der Waals surface area contributed by atoms with Gasteiger partial charge in [-0.1, -0.05) is 12.1 Å². The van der Waals surface area contributed by atoms with Crippen LogP contribution < -0.4 is 0 Å². The molecule has 1 aliphatic rings. The lowest BCUT2D eigenvalue weighted by Gasteiger charge is -2.31. The normalized spacial score (nSPS) is 29.1. The van der Waals surface area contributed by atoms with Crippen LogP contribution in [0.5, 0.6) is 0 Å². The molecule has 1 saturated heterocycles. The number of carbonyl (C=O) groups is 1. The van der Waals surface area contributed by atoms with Gasteiger partial charge < -0.3 is 20.1 Å². The first-order valence-corrected chi connectivity index (χ1v) is 6.63. The van der Waals surface area contributed by atoms with Crippen LogP contribution >= 0.6 is 0 Å². The first-order valence-electron chi connectivity index (χ1n) is 6.63. The van der Waals surface area contributed by atoms with Gasteiger partial charge >= 0.3 is 5.97 Å². The van der Waals surface area contributed by atoms with E-state index in [4.69, 9.17) is 9.84 Å².